The fourth-order valence-corrected chi connectivity index (χ4v) is 1.40. The van der Waals surface area contributed by atoms with Gasteiger partial charge in [-0.2, -0.15) is 0 Å². The van der Waals surface area contributed by atoms with Crippen LogP contribution in [0.1, 0.15) is 27.2 Å². The predicted molar refractivity (Wildman–Crippen MR) is 58.3 cm³/mol. The fraction of sp³-hybridized carbons (Fsp3) is 0.889. The van der Waals surface area contributed by atoms with Gasteiger partial charge in [0.1, 0.15) is 0 Å². The van der Waals surface area contributed by atoms with Gasteiger partial charge >= 0.3 is 0 Å². The van der Waals surface area contributed by atoms with Crippen LogP contribution >= 0.6 is 12.2 Å². The van der Waals surface area contributed by atoms with E-state index in [0.717, 1.165) is 11.0 Å². The molecule has 0 spiro atoms. The first kappa shape index (κ1) is 11.7. The third-order valence-electron chi connectivity index (χ3n) is 2.01. The summed E-state index contributed by atoms with van der Waals surface area (Å²) in [5.41, 5.74) is 0. The number of hydrogen-bond acceptors (Lipinski definition) is 1. The molecule has 0 aliphatic carbocycles. The Labute approximate surface area is 81.3 Å². The number of hydrogen-bond donors (Lipinski definition) is 1. The minimum atomic E-state index is 0.518. The van der Waals surface area contributed by atoms with Crippen molar-refractivity contribution in [3.05, 3.63) is 0 Å². The fourth-order valence-electron chi connectivity index (χ4n) is 1.22. The van der Waals surface area contributed by atoms with Crippen molar-refractivity contribution in [2.45, 2.75) is 33.2 Å². The average molecular weight is 188 g/mol. The van der Waals surface area contributed by atoms with Crippen LogP contribution in [0.15, 0.2) is 0 Å². The highest BCUT2D eigenvalue weighted by Gasteiger charge is 2.12. The van der Waals surface area contributed by atoms with Gasteiger partial charge in [-0.1, -0.05) is 13.8 Å². The van der Waals surface area contributed by atoms with Gasteiger partial charge in [0.25, 0.3) is 0 Å². The molecule has 1 unspecified atom stereocenters. The summed E-state index contributed by atoms with van der Waals surface area (Å²) in [5, 5.41) is 3.80. The van der Waals surface area contributed by atoms with E-state index in [-0.39, 0.29) is 0 Å². The highest BCUT2D eigenvalue weighted by Crippen LogP contribution is 2.09. The van der Waals surface area contributed by atoms with Crippen LogP contribution < -0.4 is 5.32 Å². The predicted octanol–water partition coefficient (Wildman–Crippen LogP) is 1.86. The molecular formula is C9H20N2S. The van der Waals surface area contributed by atoms with Crippen molar-refractivity contribution < 1.29 is 0 Å². The molecule has 0 bridgehead atoms. The Bertz CT molecular complexity index is 145. The standard InChI is InChI=1S/C9H20N2S/c1-7(2)6-8(3)11(5)9(12)10-4/h7-8H,6H2,1-5H3,(H,10,12). The van der Waals surface area contributed by atoms with E-state index in [2.05, 4.69) is 31.0 Å². The second-order valence-electron chi connectivity index (χ2n) is 3.64. The topological polar surface area (TPSA) is 15.3 Å². The van der Waals surface area contributed by atoms with Crippen LogP contribution in [0.3, 0.4) is 0 Å². The minimum Gasteiger partial charge on any atom is -0.366 e. The molecule has 0 saturated heterocycles. The summed E-state index contributed by atoms with van der Waals surface area (Å²) in [5.74, 6) is 0.724. The smallest absolute Gasteiger partial charge is 0.168 e. The zero-order valence-electron chi connectivity index (χ0n) is 8.72. The van der Waals surface area contributed by atoms with Gasteiger partial charge in [-0.05, 0) is 31.5 Å². The Morgan fingerprint density at radius 2 is 1.92 bits per heavy atom. The lowest BCUT2D eigenvalue weighted by molar-refractivity contribution is 0.331. The Kier molecular flexibility index (Phi) is 5.22. The third kappa shape index (κ3) is 3.90. The minimum absolute atomic E-state index is 0.518. The van der Waals surface area contributed by atoms with Gasteiger partial charge < -0.3 is 10.2 Å². The van der Waals surface area contributed by atoms with Crippen molar-refractivity contribution in [2.24, 2.45) is 5.92 Å². The van der Waals surface area contributed by atoms with E-state index in [0.29, 0.717) is 6.04 Å². The quantitative estimate of drug-likeness (QED) is 0.681. The zero-order valence-corrected chi connectivity index (χ0v) is 9.53. The first-order valence-corrected chi connectivity index (χ1v) is 4.84. The summed E-state index contributed by atoms with van der Waals surface area (Å²) >= 11 is 5.12. The van der Waals surface area contributed by atoms with Crippen LogP contribution in [-0.4, -0.2) is 30.1 Å². The van der Waals surface area contributed by atoms with E-state index in [4.69, 9.17) is 12.2 Å². The molecule has 0 aromatic carbocycles. The summed E-state index contributed by atoms with van der Waals surface area (Å²) in [6.07, 6.45) is 1.18. The molecule has 0 aromatic rings. The van der Waals surface area contributed by atoms with Crippen molar-refractivity contribution in [1.29, 1.82) is 0 Å². The van der Waals surface area contributed by atoms with Crippen molar-refractivity contribution >= 4 is 17.3 Å². The molecule has 1 atom stereocenters. The van der Waals surface area contributed by atoms with Gasteiger partial charge in [0, 0.05) is 20.1 Å². The van der Waals surface area contributed by atoms with Gasteiger partial charge in [0.2, 0.25) is 0 Å². The molecule has 0 amide bonds. The molecule has 0 aromatic heterocycles. The maximum absolute atomic E-state index is 5.12. The third-order valence-corrected chi connectivity index (χ3v) is 2.50. The van der Waals surface area contributed by atoms with Crippen molar-refractivity contribution in [2.75, 3.05) is 14.1 Å². The van der Waals surface area contributed by atoms with Crippen LogP contribution in [-0.2, 0) is 0 Å². The maximum Gasteiger partial charge on any atom is 0.168 e. The molecule has 0 heterocycles. The van der Waals surface area contributed by atoms with E-state index in [1.807, 2.05) is 14.1 Å². The molecule has 1 N–H and O–H groups in total. The summed E-state index contributed by atoms with van der Waals surface area (Å²) < 4.78 is 0. The van der Waals surface area contributed by atoms with Crippen LogP contribution in [0, 0.1) is 5.92 Å². The summed E-state index contributed by atoms with van der Waals surface area (Å²) in [7, 11) is 3.90. The molecule has 0 radical (unpaired) electrons. The largest absolute Gasteiger partial charge is 0.366 e. The highest BCUT2D eigenvalue weighted by atomic mass is 32.1. The van der Waals surface area contributed by atoms with E-state index >= 15 is 0 Å². The van der Waals surface area contributed by atoms with E-state index in [1.54, 1.807) is 0 Å². The van der Waals surface area contributed by atoms with Gasteiger partial charge in [-0.15, -0.1) is 0 Å². The Balaban J connectivity index is 3.91. The normalized spacial score (nSPS) is 12.8. The van der Waals surface area contributed by atoms with Crippen molar-refractivity contribution in [3.63, 3.8) is 0 Å². The second-order valence-corrected chi connectivity index (χ2v) is 4.03. The summed E-state index contributed by atoms with van der Waals surface area (Å²) in [6, 6.07) is 0.518. The molecule has 2 nitrogen and oxygen atoms in total. The van der Waals surface area contributed by atoms with E-state index in [9.17, 15) is 0 Å². The summed E-state index contributed by atoms with van der Waals surface area (Å²) in [4.78, 5) is 2.11. The molecule has 3 heteroatoms. The number of nitrogens with one attached hydrogen (secondary N) is 1. The van der Waals surface area contributed by atoms with Crippen molar-refractivity contribution in [3.8, 4) is 0 Å². The molecule has 0 fully saturated rings. The van der Waals surface area contributed by atoms with Gasteiger partial charge in [0.15, 0.2) is 5.11 Å². The van der Waals surface area contributed by atoms with Crippen molar-refractivity contribution in [1.82, 2.24) is 10.2 Å². The molecule has 0 saturated carbocycles. The average Bonchev–Trinajstić information content (AvgIpc) is 2.00. The lowest BCUT2D eigenvalue weighted by Crippen LogP contribution is -2.41. The first-order valence-electron chi connectivity index (χ1n) is 4.43. The highest BCUT2D eigenvalue weighted by molar-refractivity contribution is 7.80. The lowest BCUT2D eigenvalue weighted by Gasteiger charge is -2.28. The lowest BCUT2D eigenvalue weighted by atomic mass is 10.0. The Hall–Kier alpha value is -0.310. The van der Waals surface area contributed by atoms with Crippen LogP contribution in [0.4, 0.5) is 0 Å². The number of nitrogens with zero attached hydrogens (tertiary/aromatic N) is 1. The molecular weight excluding hydrogens is 168 g/mol. The monoisotopic (exact) mass is 188 g/mol. The molecule has 12 heavy (non-hydrogen) atoms. The van der Waals surface area contributed by atoms with E-state index in [1.165, 1.54) is 6.42 Å². The molecule has 0 aliphatic rings. The van der Waals surface area contributed by atoms with Crippen LogP contribution in [0.25, 0.3) is 0 Å². The Morgan fingerprint density at radius 1 is 1.42 bits per heavy atom. The number of rotatable bonds is 3. The van der Waals surface area contributed by atoms with Crippen LogP contribution in [0.2, 0.25) is 0 Å². The zero-order chi connectivity index (χ0) is 9.72. The molecule has 0 rings (SSSR count). The van der Waals surface area contributed by atoms with Gasteiger partial charge in [-0.3, -0.25) is 0 Å². The Morgan fingerprint density at radius 3 is 2.25 bits per heavy atom. The summed E-state index contributed by atoms with van der Waals surface area (Å²) in [6.45, 7) is 6.66. The molecule has 0 aliphatic heterocycles. The van der Waals surface area contributed by atoms with E-state index < -0.39 is 0 Å². The molecule has 72 valence electrons. The first-order chi connectivity index (χ1) is 5.49. The SMILES string of the molecule is CNC(=S)N(C)C(C)CC(C)C. The van der Waals surface area contributed by atoms with Crippen LogP contribution in [0.5, 0.6) is 0 Å². The number of thiocarbonyl (C=S) groups is 1. The second kappa shape index (κ2) is 5.36. The maximum atomic E-state index is 5.12. The van der Waals surface area contributed by atoms with Gasteiger partial charge in [-0.25, -0.2) is 0 Å². The van der Waals surface area contributed by atoms with Gasteiger partial charge in [0.05, 0.1) is 0 Å².